The lowest BCUT2D eigenvalue weighted by atomic mass is 10.1. The molecule has 2 aromatic rings. The molecule has 1 aliphatic carbocycles. The van der Waals surface area contributed by atoms with Crippen molar-refractivity contribution in [3.05, 3.63) is 59.4 Å². The van der Waals surface area contributed by atoms with Crippen LogP contribution in [0.4, 0.5) is 17.1 Å². The number of nitrogens with one attached hydrogen (secondary N) is 1. The minimum atomic E-state index is -0.208. The third-order valence-electron chi connectivity index (χ3n) is 4.51. The molecule has 3 rings (SSSR count). The summed E-state index contributed by atoms with van der Waals surface area (Å²) in [5, 5.41) is 13.0. The second-order valence-corrected chi connectivity index (χ2v) is 7.49. The molecule has 0 heterocycles. The summed E-state index contributed by atoms with van der Waals surface area (Å²) in [5.74, 6) is 0.912. The molecule has 0 saturated heterocycles. The summed E-state index contributed by atoms with van der Waals surface area (Å²) in [6, 6.07) is 12.7. The van der Waals surface area contributed by atoms with Crippen molar-refractivity contribution < 1.29 is 15.6 Å². The van der Waals surface area contributed by atoms with Gasteiger partial charge in [0.2, 0.25) is 0 Å². The van der Waals surface area contributed by atoms with E-state index in [1.165, 1.54) is 18.4 Å². The summed E-state index contributed by atoms with van der Waals surface area (Å²) >= 11 is 1.60. The molecule has 7 N–H and O–H groups in total. The number of hydrogen-bond donors (Lipinski definition) is 4. The van der Waals surface area contributed by atoms with Crippen molar-refractivity contribution in [2.75, 3.05) is 16.8 Å². The normalized spacial score (nSPS) is 13.7. The average Bonchev–Trinajstić information content (AvgIpc) is 3.18. The highest BCUT2D eigenvalue weighted by molar-refractivity contribution is 7.99. The highest BCUT2D eigenvalue weighted by atomic mass is 32.2. The number of quaternary nitrogens is 1. The maximum atomic E-state index is 12.3. The first kappa shape index (κ1) is 18.4. The topological polar surface area (TPSA) is 103 Å². The predicted molar refractivity (Wildman–Crippen MR) is 107 cm³/mol. The molecular formula is C20H24N3O2S+. The number of thioether (sulfide) groups is 1. The summed E-state index contributed by atoms with van der Waals surface area (Å²) < 4.78 is 0. The summed E-state index contributed by atoms with van der Waals surface area (Å²) in [6.07, 6.45) is 4.41. The zero-order valence-electron chi connectivity index (χ0n) is 14.6. The van der Waals surface area contributed by atoms with E-state index in [0.29, 0.717) is 28.5 Å². The van der Waals surface area contributed by atoms with Gasteiger partial charge in [0.15, 0.2) is 5.69 Å². The first-order valence-electron chi connectivity index (χ1n) is 8.68. The maximum Gasteiger partial charge on any atom is 0.255 e. The quantitative estimate of drug-likeness (QED) is 0.364. The third kappa shape index (κ3) is 4.59. The lowest BCUT2D eigenvalue weighted by molar-refractivity contribution is -0.253. The number of amides is 1. The Morgan fingerprint density at radius 1 is 1.15 bits per heavy atom. The summed E-state index contributed by atoms with van der Waals surface area (Å²) in [5.41, 5.74) is 13.2. The second-order valence-electron chi connectivity index (χ2n) is 6.44. The Morgan fingerprint density at radius 2 is 1.85 bits per heavy atom. The zero-order valence-corrected chi connectivity index (χ0v) is 15.4. The van der Waals surface area contributed by atoms with Crippen molar-refractivity contribution in [3.8, 4) is 0 Å². The fourth-order valence-electron chi connectivity index (χ4n) is 2.92. The van der Waals surface area contributed by atoms with Crippen LogP contribution in [0.3, 0.4) is 0 Å². The Labute approximate surface area is 157 Å². The molecule has 0 unspecified atom stereocenters. The monoisotopic (exact) mass is 370 g/mol. The van der Waals surface area contributed by atoms with Gasteiger partial charge in [-0.1, -0.05) is 0 Å². The number of anilines is 2. The van der Waals surface area contributed by atoms with Crippen LogP contribution in [0.25, 0.3) is 0 Å². The molecule has 26 heavy (non-hydrogen) atoms. The summed E-state index contributed by atoms with van der Waals surface area (Å²) in [7, 11) is 0. The molecule has 1 saturated carbocycles. The first-order chi connectivity index (χ1) is 12.5. The minimum absolute atomic E-state index is 0.208. The van der Waals surface area contributed by atoms with Crippen LogP contribution in [0.1, 0.15) is 36.0 Å². The van der Waals surface area contributed by atoms with Gasteiger partial charge in [-0.3, -0.25) is 4.79 Å². The van der Waals surface area contributed by atoms with E-state index < -0.39 is 0 Å². The van der Waals surface area contributed by atoms with Crippen LogP contribution >= 0.6 is 11.8 Å². The Morgan fingerprint density at radius 3 is 2.50 bits per heavy atom. The Balaban J connectivity index is 1.58. The van der Waals surface area contributed by atoms with E-state index >= 15 is 0 Å². The van der Waals surface area contributed by atoms with Crippen LogP contribution in [0.15, 0.2) is 58.7 Å². The van der Waals surface area contributed by atoms with Crippen molar-refractivity contribution >= 4 is 34.7 Å². The third-order valence-corrected chi connectivity index (χ3v) is 5.53. The molecule has 0 aromatic heterocycles. The number of hydrogen-bond acceptors (Lipinski definition) is 4. The molecule has 136 valence electrons. The van der Waals surface area contributed by atoms with Crippen LogP contribution in [-0.2, 0) is 0 Å². The molecule has 0 radical (unpaired) electrons. The van der Waals surface area contributed by atoms with Gasteiger partial charge < -0.3 is 21.9 Å². The molecule has 1 amide bonds. The fourth-order valence-corrected chi connectivity index (χ4v) is 3.75. The van der Waals surface area contributed by atoms with Gasteiger partial charge in [-0.15, -0.1) is 11.8 Å². The smallest absolute Gasteiger partial charge is 0.255 e. The number of rotatable bonds is 5. The van der Waals surface area contributed by atoms with E-state index in [1.807, 2.05) is 24.3 Å². The molecule has 1 fully saturated rings. The van der Waals surface area contributed by atoms with Gasteiger partial charge in [0.1, 0.15) is 5.76 Å². The first-order valence-corrected chi connectivity index (χ1v) is 9.67. The number of aliphatic hydroxyl groups excluding tert-OH is 1. The van der Waals surface area contributed by atoms with Gasteiger partial charge in [-0.2, -0.15) is 0 Å². The average molecular weight is 370 g/mol. The molecule has 2 aromatic carbocycles. The molecule has 0 bridgehead atoms. The minimum Gasteiger partial charge on any atom is -0.511 e. The highest BCUT2D eigenvalue weighted by Crippen LogP contribution is 2.29. The van der Waals surface area contributed by atoms with Gasteiger partial charge in [0, 0.05) is 22.2 Å². The van der Waals surface area contributed by atoms with Gasteiger partial charge in [-0.25, -0.2) is 0 Å². The van der Waals surface area contributed by atoms with Crippen molar-refractivity contribution in [1.82, 2.24) is 0 Å². The van der Waals surface area contributed by atoms with E-state index in [2.05, 4.69) is 11.1 Å². The molecule has 5 nitrogen and oxygen atoms in total. The van der Waals surface area contributed by atoms with E-state index in [4.69, 9.17) is 5.73 Å². The predicted octanol–water partition coefficient (Wildman–Crippen LogP) is 3.87. The summed E-state index contributed by atoms with van der Waals surface area (Å²) in [6.45, 7) is 0. The Bertz CT molecular complexity index is 823. The van der Waals surface area contributed by atoms with Crippen LogP contribution in [-0.4, -0.2) is 16.8 Å². The van der Waals surface area contributed by atoms with Gasteiger partial charge >= 0.3 is 0 Å². The number of nitrogens with two attached hydrogens (primary N) is 1. The van der Waals surface area contributed by atoms with Crippen LogP contribution < -0.4 is 16.8 Å². The van der Waals surface area contributed by atoms with Crippen molar-refractivity contribution in [3.63, 3.8) is 0 Å². The Kier molecular flexibility index (Phi) is 5.85. The SMILES string of the molecule is Nc1cc(C(=O)Nc2ccc(SCC(O)=C3CCCC3)cc2)ccc1[NH3+]. The number of carbonyl (C=O) groups is 1. The number of aliphatic hydroxyl groups is 1. The van der Waals surface area contributed by atoms with Gasteiger partial charge in [0.05, 0.1) is 11.4 Å². The van der Waals surface area contributed by atoms with Crippen molar-refractivity contribution in [2.24, 2.45) is 0 Å². The number of allylic oxidation sites excluding steroid dienone is 1. The lowest BCUT2D eigenvalue weighted by Crippen LogP contribution is -2.41. The molecular weight excluding hydrogens is 346 g/mol. The van der Waals surface area contributed by atoms with Crippen LogP contribution in [0.2, 0.25) is 0 Å². The van der Waals surface area contributed by atoms with E-state index in [0.717, 1.165) is 23.4 Å². The van der Waals surface area contributed by atoms with Gasteiger partial charge in [0.25, 0.3) is 5.91 Å². The van der Waals surface area contributed by atoms with E-state index in [-0.39, 0.29) is 5.91 Å². The van der Waals surface area contributed by atoms with Crippen molar-refractivity contribution in [2.45, 2.75) is 30.6 Å². The van der Waals surface area contributed by atoms with Crippen LogP contribution in [0, 0.1) is 0 Å². The fraction of sp³-hybridized carbons (Fsp3) is 0.250. The highest BCUT2D eigenvalue weighted by Gasteiger charge is 2.12. The number of carbonyl (C=O) groups excluding carboxylic acids is 1. The largest absolute Gasteiger partial charge is 0.511 e. The van der Waals surface area contributed by atoms with Gasteiger partial charge in [-0.05, 0) is 67.7 Å². The molecule has 6 heteroatoms. The summed E-state index contributed by atoms with van der Waals surface area (Å²) in [4.78, 5) is 13.3. The van der Waals surface area contributed by atoms with Crippen molar-refractivity contribution in [1.29, 1.82) is 0 Å². The number of nitrogen functional groups attached to an aromatic ring is 1. The molecule has 0 aliphatic heterocycles. The molecule has 1 aliphatic rings. The lowest BCUT2D eigenvalue weighted by Gasteiger charge is -2.08. The standard InChI is InChI=1S/C20H23N3O2S/c21-17-10-5-14(11-18(17)22)20(25)23-15-6-8-16(9-7-15)26-12-19(24)13-3-1-2-4-13/h5-11,24H,1-4,12,21-22H2,(H,23,25)/p+1. The maximum absolute atomic E-state index is 12.3. The van der Waals surface area contributed by atoms with E-state index in [9.17, 15) is 9.90 Å². The van der Waals surface area contributed by atoms with E-state index in [1.54, 1.807) is 30.0 Å². The molecule has 0 atom stereocenters. The zero-order chi connectivity index (χ0) is 18.5. The molecule has 0 spiro atoms. The Hall–Kier alpha value is -2.44. The second kappa shape index (κ2) is 8.29. The van der Waals surface area contributed by atoms with Crippen LogP contribution in [0.5, 0.6) is 0 Å². The number of benzene rings is 2.